The van der Waals surface area contributed by atoms with Gasteiger partial charge in [-0.1, -0.05) is 0 Å². The first-order chi connectivity index (χ1) is 6.79. The molecule has 0 atom stereocenters. The largest absolute Gasteiger partial charge is 1.00 e. The van der Waals surface area contributed by atoms with Crippen molar-refractivity contribution in [3.8, 4) is 0 Å². The van der Waals surface area contributed by atoms with E-state index in [1.165, 1.54) is 0 Å². The average molecular weight is 340 g/mol. The van der Waals surface area contributed by atoms with E-state index in [1.54, 1.807) is 12.4 Å². The second-order valence-electron chi connectivity index (χ2n) is 8.96. The van der Waals surface area contributed by atoms with Crippen LogP contribution in [0.5, 0.6) is 0 Å². The van der Waals surface area contributed by atoms with Gasteiger partial charge in [0.05, 0.1) is 0 Å². The van der Waals surface area contributed by atoms with Crippen LogP contribution < -0.4 is 12.4 Å². The summed E-state index contributed by atoms with van der Waals surface area (Å²) in [6.07, 6.45) is 0. The van der Waals surface area contributed by atoms with Crippen LogP contribution in [0.25, 0.3) is 0 Å². The van der Waals surface area contributed by atoms with Gasteiger partial charge in [-0.25, -0.2) is 0 Å². The molecule has 0 aliphatic heterocycles. The Bertz CT molecular complexity index is 164. The van der Waals surface area contributed by atoms with Gasteiger partial charge in [-0.05, 0) is 0 Å². The molecule has 0 fully saturated rings. The van der Waals surface area contributed by atoms with E-state index in [9.17, 15) is 0 Å². The molecule has 0 bridgehead atoms. The summed E-state index contributed by atoms with van der Waals surface area (Å²) in [5.41, 5.74) is 1.64. The van der Waals surface area contributed by atoms with Crippen molar-refractivity contribution in [1.29, 1.82) is 0 Å². The van der Waals surface area contributed by atoms with E-state index < -0.39 is 21.8 Å². The van der Waals surface area contributed by atoms with E-state index >= 15 is 0 Å². The zero-order chi connectivity index (χ0) is 13.2. The predicted octanol–water partition coefficient (Wildman–Crippen LogP) is 3.00. The van der Waals surface area contributed by atoms with Gasteiger partial charge in [-0.2, -0.15) is 0 Å². The quantitative estimate of drug-likeness (QED) is 0.741. The molecule has 0 aliphatic rings. The third-order valence-electron chi connectivity index (χ3n) is 2.34. The Balaban J connectivity index is 0. The fraction of sp³-hybridized carbons (Fsp3) is 1.00. The Morgan fingerprint density at radius 2 is 0.706 bits per heavy atom. The third kappa shape index (κ3) is 15.1. The molecule has 0 rings (SSSR count). The minimum absolute atomic E-state index is 0. The predicted molar refractivity (Wildman–Crippen MR) is 72.8 cm³/mol. The van der Waals surface area contributed by atoms with Crippen molar-refractivity contribution in [3.05, 3.63) is 0 Å². The van der Waals surface area contributed by atoms with Crippen LogP contribution in [0.3, 0.4) is 0 Å². The summed E-state index contributed by atoms with van der Waals surface area (Å²) in [5.74, 6) is 0. The second-order valence-corrected chi connectivity index (χ2v) is 15.3. The van der Waals surface area contributed by atoms with Gasteiger partial charge in [-0.15, -0.1) is 0 Å². The van der Waals surface area contributed by atoms with Gasteiger partial charge in [0.2, 0.25) is 0 Å². The summed E-state index contributed by atoms with van der Waals surface area (Å²) in [5, 5.41) is 0. The summed E-state index contributed by atoms with van der Waals surface area (Å²) in [7, 11) is 0. The minimum atomic E-state index is -1.22. The van der Waals surface area contributed by atoms with E-state index in [4.69, 9.17) is 0 Å². The maximum Gasteiger partial charge on any atom is -1.00 e. The summed E-state index contributed by atoms with van der Waals surface area (Å²) < 4.78 is 4.64. The maximum absolute atomic E-state index is 2.42. The Kier molecular flexibility index (Phi) is 8.54. The van der Waals surface area contributed by atoms with E-state index in [0.717, 1.165) is 0 Å². The number of hydrogen-bond donors (Lipinski definition) is 0. The Morgan fingerprint density at radius 1 is 0.529 bits per heavy atom. The molecular weight excluding hydrogens is 307 g/mol. The first-order valence-electron chi connectivity index (χ1n) is 6.62. The first-order valence-corrected chi connectivity index (χ1v) is 11.8. The van der Waals surface area contributed by atoms with Crippen LogP contribution in [0.15, 0.2) is 0 Å². The van der Waals surface area contributed by atoms with Gasteiger partial charge in [0.15, 0.2) is 0 Å². The molecule has 0 radical (unpaired) electrons. The zero-order valence-electron chi connectivity index (χ0n) is 13.5. The van der Waals surface area contributed by atoms with Crippen molar-refractivity contribution in [1.82, 2.24) is 0 Å². The molecule has 2 heteroatoms. The molecule has 0 spiro atoms. The molecule has 0 saturated heterocycles. The molecule has 0 aromatic heterocycles. The van der Waals surface area contributed by atoms with Crippen LogP contribution in [0.1, 0.15) is 62.3 Å². The molecular formula is C15H33ClZr. The van der Waals surface area contributed by atoms with Gasteiger partial charge >= 0.3 is 113 Å². The fourth-order valence-electron chi connectivity index (χ4n) is 2.44. The van der Waals surface area contributed by atoms with Gasteiger partial charge in [-0.3, -0.25) is 0 Å². The molecule has 0 heterocycles. The van der Waals surface area contributed by atoms with Crippen LogP contribution in [-0.2, 0) is 21.8 Å². The van der Waals surface area contributed by atoms with E-state index in [-0.39, 0.29) is 12.4 Å². The molecule has 0 unspecified atom stereocenters. The van der Waals surface area contributed by atoms with Crippen molar-refractivity contribution in [2.24, 2.45) is 16.2 Å². The SMILES string of the molecule is CC(C)(C)[CH2][Zr+]([CH2]C(C)(C)C)[CH2]C(C)(C)C.[Cl-]. The standard InChI is InChI=1S/3C5H11.ClH.Zr/c3*1-5(2,3)4;;/h3*1H2,2-4H3;1H;/q;;;;+1/p-1. The molecule has 104 valence electrons. The van der Waals surface area contributed by atoms with Crippen molar-refractivity contribution in [2.45, 2.75) is 74.7 Å². The summed E-state index contributed by atoms with van der Waals surface area (Å²) >= 11 is -1.22. The Labute approximate surface area is 124 Å². The first kappa shape index (κ1) is 20.5. The van der Waals surface area contributed by atoms with E-state index in [0.29, 0.717) is 16.2 Å². The molecule has 0 aromatic rings. The van der Waals surface area contributed by atoms with Crippen LogP contribution in [0.2, 0.25) is 12.4 Å². The van der Waals surface area contributed by atoms with E-state index in [1.807, 2.05) is 0 Å². The van der Waals surface area contributed by atoms with Crippen molar-refractivity contribution in [3.63, 3.8) is 0 Å². The molecule has 0 N–H and O–H groups in total. The normalized spacial score (nSPS) is 13.2. The second kappa shape index (κ2) is 7.09. The third-order valence-corrected chi connectivity index (χ3v) is 13.8. The molecule has 0 amide bonds. The van der Waals surface area contributed by atoms with Crippen molar-refractivity contribution >= 4 is 0 Å². The smallest absolute Gasteiger partial charge is 1.00 e. The molecule has 0 aliphatic carbocycles. The minimum Gasteiger partial charge on any atom is -1.00 e. The molecule has 0 saturated carbocycles. The van der Waals surface area contributed by atoms with Crippen LogP contribution >= 0.6 is 0 Å². The van der Waals surface area contributed by atoms with Gasteiger partial charge in [0.1, 0.15) is 0 Å². The molecule has 0 nitrogen and oxygen atoms in total. The summed E-state index contributed by atoms with van der Waals surface area (Å²) in [6, 6.07) is 0. The van der Waals surface area contributed by atoms with E-state index in [2.05, 4.69) is 62.3 Å². The van der Waals surface area contributed by atoms with Gasteiger partial charge in [0, 0.05) is 0 Å². The summed E-state index contributed by atoms with van der Waals surface area (Å²) in [4.78, 5) is 0. The maximum atomic E-state index is 2.42. The van der Waals surface area contributed by atoms with Gasteiger partial charge in [0.25, 0.3) is 0 Å². The fourth-order valence-corrected chi connectivity index (χ4v) is 14.4. The Hall–Kier alpha value is 1.17. The van der Waals surface area contributed by atoms with Crippen molar-refractivity contribution < 1.29 is 34.2 Å². The Morgan fingerprint density at radius 3 is 0.824 bits per heavy atom. The van der Waals surface area contributed by atoms with Crippen LogP contribution in [-0.4, -0.2) is 0 Å². The van der Waals surface area contributed by atoms with Gasteiger partial charge < -0.3 is 12.4 Å². The molecule has 17 heavy (non-hydrogen) atoms. The summed E-state index contributed by atoms with van der Waals surface area (Å²) in [6.45, 7) is 21.7. The zero-order valence-corrected chi connectivity index (χ0v) is 16.7. The van der Waals surface area contributed by atoms with Crippen LogP contribution in [0.4, 0.5) is 0 Å². The number of halogens is 1. The monoisotopic (exact) mass is 338 g/mol. The van der Waals surface area contributed by atoms with Crippen LogP contribution in [0, 0.1) is 16.2 Å². The number of hydrogen-bond acceptors (Lipinski definition) is 0. The van der Waals surface area contributed by atoms with Crippen molar-refractivity contribution in [2.75, 3.05) is 0 Å². The molecule has 0 aromatic carbocycles. The average Bonchev–Trinajstić information content (AvgIpc) is 1.70. The topological polar surface area (TPSA) is 0 Å². The number of rotatable bonds is 3.